The number of aromatic nitrogens is 1. The van der Waals surface area contributed by atoms with Gasteiger partial charge in [-0.05, 0) is 156 Å². The zero-order valence-electron chi connectivity index (χ0n) is 45.1. The first-order chi connectivity index (χ1) is 40.7. The summed E-state index contributed by atoms with van der Waals surface area (Å²) in [6.45, 7) is 0. The first-order valence-electron chi connectivity index (χ1n) is 28.5. The standard InChI is InChI=1S/C80H54N2/c1-5-23-59(24-6-1)79(60-25-7-2-8-26-60)74-37-18-14-33-68(74)72-54-66(49-51-75(72)79)81(63-45-40-55(41-46-63)57-22-21-31-65(52-57)82-77-38-19-15-34-70(77)71-35-16-20-39-78(71)82)64-47-42-56(43-48-64)58-44-50-69-67-32-13-17-36-73(67)80(76(69)53-58,61-27-9-3-10-28-61)62-29-11-4-12-30-62/h1-54H. The molecule has 14 aromatic rings. The van der Waals surface area contributed by atoms with Gasteiger partial charge in [0.1, 0.15) is 0 Å². The summed E-state index contributed by atoms with van der Waals surface area (Å²) in [5, 5.41) is 2.52. The second kappa shape index (κ2) is 19.1. The molecular weight excluding hydrogens is 989 g/mol. The molecule has 0 spiro atoms. The Bertz CT molecular complexity index is 4580. The van der Waals surface area contributed by atoms with E-state index in [0.29, 0.717) is 0 Å². The van der Waals surface area contributed by atoms with Crippen LogP contribution in [0.4, 0.5) is 17.1 Å². The number of hydrogen-bond donors (Lipinski definition) is 0. The number of hydrogen-bond acceptors (Lipinski definition) is 1. The topological polar surface area (TPSA) is 8.17 Å². The zero-order chi connectivity index (χ0) is 54.2. The smallest absolute Gasteiger partial charge is 0.0713 e. The van der Waals surface area contributed by atoms with Crippen LogP contribution in [-0.4, -0.2) is 4.57 Å². The zero-order valence-corrected chi connectivity index (χ0v) is 45.1. The molecule has 0 unspecified atom stereocenters. The van der Waals surface area contributed by atoms with Crippen LogP contribution in [0.3, 0.4) is 0 Å². The first kappa shape index (κ1) is 47.5. The van der Waals surface area contributed by atoms with E-state index in [1.165, 1.54) is 94.1 Å². The van der Waals surface area contributed by atoms with E-state index in [9.17, 15) is 0 Å². The van der Waals surface area contributed by atoms with Gasteiger partial charge in [0.25, 0.3) is 0 Å². The van der Waals surface area contributed by atoms with Gasteiger partial charge in [0.05, 0.1) is 21.9 Å². The molecule has 0 N–H and O–H groups in total. The van der Waals surface area contributed by atoms with Crippen molar-refractivity contribution in [2.24, 2.45) is 0 Å². The molecule has 0 aliphatic heterocycles. The fourth-order valence-corrected chi connectivity index (χ4v) is 14.3. The Morgan fingerprint density at radius 3 is 1.15 bits per heavy atom. The summed E-state index contributed by atoms with van der Waals surface area (Å²) in [6, 6.07) is 121. The van der Waals surface area contributed by atoms with Crippen molar-refractivity contribution in [1.82, 2.24) is 4.57 Å². The Hall–Kier alpha value is -10.5. The maximum atomic E-state index is 2.46. The monoisotopic (exact) mass is 1040 g/mol. The van der Waals surface area contributed by atoms with Crippen molar-refractivity contribution in [2.45, 2.75) is 10.8 Å². The highest BCUT2D eigenvalue weighted by Crippen LogP contribution is 2.59. The van der Waals surface area contributed by atoms with E-state index in [1.807, 2.05) is 0 Å². The third-order valence-electron chi connectivity index (χ3n) is 17.8. The van der Waals surface area contributed by atoms with Gasteiger partial charge in [-0.15, -0.1) is 0 Å². The van der Waals surface area contributed by atoms with Gasteiger partial charge in [-0.2, -0.15) is 0 Å². The summed E-state index contributed by atoms with van der Waals surface area (Å²) in [7, 11) is 0. The van der Waals surface area contributed by atoms with E-state index in [4.69, 9.17) is 0 Å². The molecule has 0 radical (unpaired) electrons. The molecule has 384 valence electrons. The molecular formula is C80H54N2. The van der Waals surface area contributed by atoms with Crippen molar-refractivity contribution >= 4 is 38.9 Å². The molecule has 82 heavy (non-hydrogen) atoms. The molecule has 13 aromatic carbocycles. The highest BCUT2D eigenvalue weighted by molar-refractivity contribution is 6.09. The van der Waals surface area contributed by atoms with Crippen LogP contribution in [0.5, 0.6) is 0 Å². The van der Waals surface area contributed by atoms with Gasteiger partial charge >= 0.3 is 0 Å². The third kappa shape index (κ3) is 7.14. The summed E-state index contributed by atoms with van der Waals surface area (Å²) in [6.07, 6.45) is 0. The third-order valence-corrected chi connectivity index (χ3v) is 17.8. The van der Waals surface area contributed by atoms with E-state index in [0.717, 1.165) is 39.4 Å². The summed E-state index contributed by atoms with van der Waals surface area (Å²) < 4.78 is 2.40. The summed E-state index contributed by atoms with van der Waals surface area (Å²) in [5.74, 6) is 0. The quantitative estimate of drug-likeness (QED) is 0.133. The lowest BCUT2D eigenvalue weighted by molar-refractivity contribution is 0.768. The van der Waals surface area contributed by atoms with E-state index in [1.54, 1.807) is 0 Å². The van der Waals surface area contributed by atoms with Crippen LogP contribution in [0.2, 0.25) is 0 Å². The predicted molar refractivity (Wildman–Crippen MR) is 341 cm³/mol. The van der Waals surface area contributed by atoms with E-state index < -0.39 is 10.8 Å². The minimum absolute atomic E-state index is 0.482. The van der Waals surface area contributed by atoms with Crippen LogP contribution in [0.25, 0.3) is 72.0 Å². The molecule has 0 bridgehead atoms. The molecule has 1 heterocycles. The van der Waals surface area contributed by atoms with E-state index in [-0.39, 0.29) is 0 Å². The molecule has 0 fully saturated rings. The molecule has 2 aliphatic carbocycles. The van der Waals surface area contributed by atoms with Crippen LogP contribution in [0, 0.1) is 0 Å². The molecule has 0 saturated heterocycles. The van der Waals surface area contributed by atoms with Crippen LogP contribution >= 0.6 is 0 Å². The van der Waals surface area contributed by atoms with Gasteiger partial charge in [-0.1, -0.05) is 261 Å². The van der Waals surface area contributed by atoms with Gasteiger partial charge < -0.3 is 9.47 Å². The number of benzene rings is 13. The fourth-order valence-electron chi connectivity index (χ4n) is 14.3. The summed E-state index contributed by atoms with van der Waals surface area (Å²) in [4.78, 5) is 2.44. The van der Waals surface area contributed by atoms with Crippen LogP contribution in [0.1, 0.15) is 44.5 Å². The van der Waals surface area contributed by atoms with Gasteiger partial charge in [0.15, 0.2) is 0 Å². The molecule has 0 saturated carbocycles. The lowest BCUT2D eigenvalue weighted by Gasteiger charge is -2.34. The van der Waals surface area contributed by atoms with Crippen molar-refractivity contribution < 1.29 is 0 Å². The minimum Gasteiger partial charge on any atom is -0.310 e. The van der Waals surface area contributed by atoms with Crippen molar-refractivity contribution in [3.8, 4) is 50.2 Å². The Labute approximate surface area is 478 Å². The number of para-hydroxylation sites is 2. The highest BCUT2D eigenvalue weighted by Gasteiger charge is 2.47. The Balaban J connectivity index is 0.838. The molecule has 2 heteroatoms. The number of rotatable bonds is 10. The van der Waals surface area contributed by atoms with Crippen molar-refractivity contribution in [3.05, 3.63) is 372 Å². The van der Waals surface area contributed by atoms with Gasteiger partial charge in [0, 0.05) is 33.5 Å². The largest absolute Gasteiger partial charge is 0.310 e. The maximum absolute atomic E-state index is 2.46. The number of anilines is 3. The normalized spacial score (nSPS) is 13.3. The molecule has 2 aliphatic rings. The van der Waals surface area contributed by atoms with Gasteiger partial charge in [-0.3, -0.25) is 0 Å². The van der Waals surface area contributed by atoms with Crippen molar-refractivity contribution in [3.63, 3.8) is 0 Å². The summed E-state index contributed by atoms with van der Waals surface area (Å²) >= 11 is 0. The van der Waals surface area contributed by atoms with E-state index >= 15 is 0 Å². The fraction of sp³-hybridized carbons (Fsp3) is 0.0250. The lowest BCUT2D eigenvalue weighted by Crippen LogP contribution is -2.28. The van der Waals surface area contributed by atoms with Gasteiger partial charge in [0.2, 0.25) is 0 Å². The average Bonchev–Trinajstić information content (AvgIpc) is 4.29. The van der Waals surface area contributed by atoms with E-state index in [2.05, 4.69) is 337 Å². The van der Waals surface area contributed by atoms with Crippen LogP contribution in [-0.2, 0) is 10.8 Å². The minimum atomic E-state index is -0.495. The molecule has 0 atom stereocenters. The Kier molecular flexibility index (Phi) is 11.0. The lowest BCUT2D eigenvalue weighted by atomic mass is 9.67. The number of fused-ring (bicyclic) bond motifs is 9. The molecule has 1 aromatic heterocycles. The first-order valence-corrected chi connectivity index (χ1v) is 28.5. The number of nitrogens with zero attached hydrogens (tertiary/aromatic N) is 2. The average molecular weight is 1040 g/mol. The molecule has 2 nitrogen and oxygen atoms in total. The van der Waals surface area contributed by atoms with Crippen molar-refractivity contribution in [2.75, 3.05) is 4.90 Å². The SMILES string of the molecule is c1ccc(C2(c3ccccc3)c3ccccc3-c3cc(N(c4ccc(-c5cccc(-n6c7ccccc7c7ccccc76)c5)cc4)c4ccc(-c5ccc6c(c5)C(c5ccccc5)(c5ccccc5)c5ccccc5-6)cc4)ccc32)cc1. The molecule has 0 amide bonds. The maximum Gasteiger partial charge on any atom is 0.0713 e. The Morgan fingerprint density at radius 1 is 0.232 bits per heavy atom. The van der Waals surface area contributed by atoms with Crippen molar-refractivity contribution in [1.29, 1.82) is 0 Å². The van der Waals surface area contributed by atoms with Crippen LogP contribution < -0.4 is 4.90 Å². The van der Waals surface area contributed by atoms with Crippen LogP contribution in [0.15, 0.2) is 328 Å². The Morgan fingerprint density at radius 2 is 0.622 bits per heavy atom. The predicted octanol–water partition coefficient (Wildman–Crippen LogP) is 20.3. The molecule has 16 rings (SSSR count). The summed E-state index contributed by atoms with van der Waals surface area (Å²) in [5.41, 5.74) is 25.7. The highest BCUT2D eigenvalue weighted by atomic mass is 15.1. The second-order valence-corrected chi connectivity index (χ2v) is 21.9. The van der Waals surface area contributed by atoms with Gasteiger partial charge in [-0.25, -0.2) is 0 Å². The second-order valence-electron chi connectivity index (χ2n) is 21.9.